The summed E-state index contributed by atoms with van der Waals surface area (Å²) in [5, 5.41) is 0. The zero-order valence-electron chi connectivity index (χ0n) is 16.8. The topological polar surface area (TPSA) is 93.1 Å². The number of ether oxygens (including phenoxy) is 1. The van der Waals surface area contributed by atoms with Crippen LogP contribution >= 0.6 is 0 Å². The minimum atomic E-state index is -4.83. The summed E-state index contributed by atoms with van der Waals surface area (Å²) in [6.07, 6.45) is -1.96. The number of pyridine rings is 1. The Kier molecular flexibility index (Phi) is 6.47. The highest BCUT2D eigenvalue weighted by Crippen LogP contribution is 2.26. The Hall–Kier alpha value is -2.54. The lowest BCUT2D eigenvalue weighted by molar-refractivity contribution is -0.274. The smallest absolute Gasteiger partial charge is 0.406 e. The predicted molar refractivity (Wildman–Crippen MR) is 108 cm³/mol. The van der Waals surface area contributed by atoms with Gasteiger partial charge >= 0.3 is 6.36 Å². The molecule has 2 aromatic rings. The maximum atomic E-state index is 12.8. The number of hydrogen-bond donors (Lipinski definition) is 1. The van der Waals surface area contributed by atoms with E-state index in [4.69, 9.17) is 4.84 Å². The molecule has 2 aliphatic heterocycles. The van der Waals surface area contributed by atoms with Crippen LogP contribution in [0.3, 0.4) is 0 Å². The molecule has 0 radical (unpaired) electrons. The number of benzene rings is 1. The number of sulfonamides is 1. The molecule has 1 atom stereocenters. The maximum absolute atomic E-state index is 12.8. The van der Waals surface area contributed by atoms with Crippen LogP contribution in [-0.4, -0.2) is 49.4 Å². The molecule has 4 rings (SSSR count). The summed E-state index contributed by atoms with van der Waals surface area (Å²) in [4.78, 5) is 14.0. The molecule has 32 heavy (non-hydrogen) atoms. The number of nitrogens with one attached hydrogen (secondary N) is 1. The minimum absolute atomic E-state index is 0.0287. The Morgan fingerprint density at radius 3 is 2.41 bits per heavy atom. The fourth-order valence-corrected chi connectivity index (χ4v) is 4.82. The third-order valence-electron chi connectivity index (χ3n) is 5.05. The summed E-state index contributed by atoms with van der Waals surface area (Å²) in [6, 6.07) is 9.89. The van der Waals surface area contributed by atoms with E-state index >= 15 is 0 Å². The van der Waals surface area contributed by atoms with Gasteiger partial charge in [-0.05, 0) is 49.2 Å². The Labute approximate surface area is 183 Å². The number of rotatable bonds is 8. The van der Waals surface area contributed by atoms with Gasteiger partial charge in [0.15, 0.2) is 0 Å². The molecule has 172 valence electrons. The first kappa shape index (κ1) is 22.6. The first-order valence-corrected chi connectivity index (χ1v) is 11.4. The second-order valence-corrected chi connectivity index (χ2v) is 9.34. The Morgan fingerprint density at radius 1 is 1.09 bits per heavy atom. The summed E-state index contributed by atoms with van der Waals surface area (Å²) < 4.78 is 67.4. The maximum Gasteiger partial charge on any atom is 0.573 e. The molecule has 0 saturated carbocycles. The van der Waals surface area contributed by atoms with Crippen molar-refractivity contribution < 1.29 is 31.2 Å². The van der Waals surface area contributed by atoms with Gasteiger partial charge in [-0.2, -0.15) is 9.79 Å². The van der Waals surface area contributed by atoms with E-state index in [0.717, 1.165) is 35.7 Å². The van der Waals surface area contributed by atoms with Gasteiger partial charge in [0.2, 0.25) is 10.0 Å². The third-order valence-corrected chi connectivity index (χ3v) is 6.96. The number of aliphatic imine (C=N–C) groups is 1. The fraction of sp³-hybridized carbons (Fsp3) is 0.400. The van der Waals surface area contributed by atoms with Crippen molar-refractivity contribution in [3.8, 4) is 5.75 Å². The number of alkyl halides is 3. The van der Waals surface area contributed by atoms with Crippen LogP contribution in [0.25, 0.3) is 0 Å². The van der Waals surface area contributed by atoms with Crippen molar-refractivity contribution in [2.24, 2.45) is 4.99 Å². The molecule has 3 heterocycles. The van der Waals surface area contributed by atoms with E-state index in [9.17, 15) is 21.6 Å². The minimum Gasteiger partial charge on any atom is -0.406 e. The molecule has 8 nitrogen and oxygen atoms in total. The van der Waals surface area contributed by atoms with Crippen molar-refractivity contribution in [1.82, 2.24) is 14.8 Å². The third kappa shape index (κ3) is 5.82. The predicted octanol–water partition coefficient (Wildman–Crippen LogP) is 2.98. The fourth-order valence-electron chi connectivity index (χ4n) is 3.35. The number of halogens is 3. The first-order chi connectivity index (χ1) is 15.2. The van der Waals surface area contributed by atoms with Gasteiger partial charge in [0.05, 0.1) is 16.3 Å². The zero-order chi connectivity index (χ0) is 22.8. The highest BCUT2D eigenvalue weighted by molar-refractivity contribution is 7.89. The average Bonchev–Trinajstić information content (AvgIpc) is 3.59. The molecule has 1 aromatic carbocycles. The Bertz CT molecular complexity index is 1060. The quantitative estimate of drug-likeness (QED) is 0.597. The standard InChI is InChI=1S/C20H21F3N4O4S/c21-20(22,23)31-16-4-6-17(7-5-16)32(28,29)27-10-8-14(9-11-27)26-30-13-15-2-1-3-18(25-15)19-12-24-19/h1-7,12,14,19,26H,8-11,13H2. The largest absolute Gasteiger partial charge is 0.573 e. The second kappa shape index (κ2) is 9.14. The van der Waals surface area contributed by atoms with Gasteiger partial charge < -0.3 is 4.74 Å². The summed E-state index contributed by atoms with van der Waals surface area (Å²) >= 11 is 0. The molecular weight excluding hydrogens is 449 g/mol. The van der Waals surface area contributed by atoms with E-state index < -0.39 is 22.1 Å². The lowest BCUT2D eigenvalue weighted by atomic mass is 10.1. The molecule has 2 aliphatic rings. The van der Waals surface area contributed by atoms with E-state index in [1.54, 1.807) is 0 Å². The summed E-state index contributed by atoms with van der Waals surface area (Å²) in [7, 11) is -3.81. The van der Waals surface area contributed by atoms with Gasteiger partial charge in [-0.1, -0.05) is 6.07 Å². The van der Waals surface area contributed by atoms with E-state index in [-0.39, 0.29) is 36.7 Å². The summed E-state index contributed by atoms with van der Waals surface area (Å²) in [6.45, 7) is 0.791. The molecule has 0 amide bonds. The molecule has 0 bridgehead atoms. The second-order valence-electron chi connectivity index (χ2n) is 7.40. The Morgan fingerprint density at radius 2 is 1.78 bits per heavy atom. The number of aromatic nitrogens is 1. The monoisotopic (exact) mass is 470 g/mol. The van der Waals surface area contributed by atoms with Crippen LogP contribution in [-0.2, 0) is 21.5 Å². The van der Waals surface area contributed by atoms with Gasteiger partial charge in [-0.25, -0.2) is 8.42 Å². The van der Waals surface area contributed by atoms with Crippen molar-refractivity contribution in [2.75, 3.05) is 13.1 Å². The number of hydrogen-bond acceptors (Lipinski definition) is 7. The SMILES string of the molecule is O=S(=O)(c1ccc(OC(F)(F)F)cc1)N1CCC(NOCc2cccc(C3C=N3)n2)CC1. The van der Waals surface area contributed by atoms with Crippen LogP contribution in [0.1, 0.15) is 30.3 Å². The molecule has 0 spiro atoms. The van der Waals surface area contributed by atoms with Gasteiger partial charge in [-0.15, -0.1) is 13.2 Å². The zero-order valence-corrected chi connectivity index (χ0v) is 17.6. The Balaban J connectivity index is 1.25. The lowest BCUT2D eigenvalue weighted by Gasteiger charge is -2.31. The van der Waals surface area contributed by atoms with Gasteiger partial charge in [0.1, 0.15) is 18.4 Å². The van der Waals surface area contributed by atoms with Crippen molar-refractivity contribution in [1.29, 1.82) is 0 Å². The molecule has 1 saturated heterocycles. The molecule has 1 aromatic heterocycles. The van der Waals surface area contributed by atoms with Gasteiger partial charge in [-0.3, -0.25) is 14.8 Å². The van der Waals surface area contributed by atoms with Crippen LogP contribution in [0.4, 0.5) is 13.2 Å². The van der Waals surface area contributed by atoms with Crippen molar-refractivity contribution in [3.63, 3.8) is 0 Å². The lowest BCUT2D eigenvalue weighted by Crippen LogP contribution is -2.44. The van der Waals surface area contributed by atoms with Crippen molar-refractivity contribution in [3.05, 3.63) is 53.9 Å². The van der Waals surface area contributed by atoms with Crippen LogP contribution < -0.4 is 10.2 Å². The highest BCUT2D eigenvalue weighted by Gasteiger charge is 2.32. The number of nitrogens with zero attached hydrogens (tertiary/aromatic N) is 3. The van der Waals surface area contributed by atoms with Crippen LogP contribution in [0.15, 0.2) is 52.4 Å². The van der Waals surface area contributed by atoms with Crippen LogP contribution in [0, 0.1) is 0 Å². The van der Waals surface area contributed by atoms with E-state index in [1.165, 1.54) is 4.31 Å². The van der Waals surface area contributed by atoms with Gasteiger partial charge in [0, 0.05) is 25.3 Å². The van der Waals surface area contributed by atoms with Crippen molar-refractivity contribution in [2.45, 2.75) is 42.8 Å². The molecular formula is C20H21F3N4O4S. The molecule has 0 aliphatic carbocycles. The summed E-state index contributed by atoms with van der Waals surface area (Å²) in [5.41, 5.74) is 4.60. The molecule has 1 N–H and O–H groups in total. The average molecular weight is 470 g/mol. The molecule has 1 unspecified atom stereocenters. The highest BCUT2D eigenvalue weighted by atomic mass is 32.2. The van der Waals surface area contributed by atoms with E-state index in [1.807, 2.05) is 24.4 Å². The summed E-state index contributed by atoms with van der Waals surface area (Å²) in [5.74, 6) is -0.471. The van der Waals surface area contributed by atoms with Crippen LogP contribution in [0.5, 0.6) is 5.75 Å². The van der Waals surface area contributed by atoms with Crippen LogP contribution in [0.2, 0.25) is 0 Å². The number of piperidine rings is 1. The van der Waals surface area contributed by atoms with Gasteiger partial charge in [0.25, 0.3) is 0 Å². The first-order valence-electron chi connectivity index (χ1n) is 9.93. The molecule has 12 heteroatoms. The van der Waals surface area contributed by atoms with E-state index in [2.05, 4.69) is 20.2 Å². The molecule has 1 fully saturated rings. The van der Waals surface area contributed by atoms with Crippen molar-refractivity contribution >= 4 is 16.2 Å². The normalized spacial score (nSPS) is 19.8. The number of hydroxylamine groups is 1. The van der Waals surface area contributed by atoms with E-state index in [0.29, 0.717) is 12.8 Å².